The van der Waals surface area contributed by atoms with Crippen LogP contribution in [0.5, 0.6) is 11.5 Å². The number of hydrazone groups is 1. The van der Waals surface area contributed by atoms with Crippen LogP contribution in [0.15, 0.2) is 53.6 Å². The molecule has 0 bridgehead atoms. The molecule has 0 saturated heterocycles. The van der Waals surface area contributed by atoms with Crippen molar-refractivity contribution in [3.05, 3.63) is 59.7 Å². The topological polar surface area (TPSA) is 97.2 Å². The summed E-state index contributed by atoms with van der Waals surface area (Å²) in [6.45, 7) is 1.45. The molecule has 2 aromatic rings. The molecule has 0 aliphatic rings. The fourth-order valence-electron chi connectivity index (χ4n) is 1.88. The zero-order valence-electron chi connectivity index (χ0n) is 13.8. The Labute approximate surface area is 144 Å². The van der Waals surface area contributed by atoms with E-state index in [9.17, 15) is 9.59 Å². The maximum absolute atomic E-state index is 12.0. The van der Waals surface area contributed by atoms with Crippen molar-refractivity contribution in [2.24, 2.45) is 5.10 Å². The average Bonchev–Trinajstić information content (AvgIpc) is 2.63. The van der Waals surface area contributed by atoms with E-state index in [4.69, 9.17) is 14.6 Å². The van der Waals surface area contributed by atoms with Crippen molar-refractivity contribution in [2.45, 2.75) is 13.0 Å². The van der Waals surface area contributed by atoms with Crippen molar-refractivity contribution in [1.82, 2.24) is 5.43 Å². The predicted octanol–water partition coefficient (Wildman–Crippen LogP) is 2.31. The normalized spacial score (nSPS) is 11.8. The summed E-state index contributed by atoms with van der Waals surface area (Å²) in [4.78, 5) is 22.7. The fourth-order valence-corrected chi connectivity index (χ4v) is 1.88. The van der Waals surface area contributed by atoms with Crippen molar-refractivity contribution < 1.29 is 24.2 Å². The molecule has 0 fully saturated rings. The lowest BCUT2D eigenvalue weighted by Crippen LogP contribution is -2.22. The number of hydrogen-bond donors (Lipinski definition) is 2. The molecule has 1 atom stereocenters. The Morgan fingerprint density at radius 1 is 1.16 bits per heavy atom. The highest BCUT2D eigenvalue weighted by Crippen LogP contribution is 2.14. The van der Waals surface area contributed by atoms with Crippen LogP contribution in [0.2, 0.25) is 0 Å². The van der Waals surface area contributed by atoms with Gasteiger partial charge in [-0.25, -0.2) is 10.2 Å². The number of methoxy groups -OCH3 is 1. The number of ether oxygens (including phenoxy) is 2. The number of carbonyl (C=O) groups is 2. The SMILES string of the molecule is COc1cccc(C(=O)N/N=C\c2ccc(O[C@@H](C)C(=O)O)cc2)c1. The molecule has 0 unspecified atom stereocenters. The molecule has 1 amide bonds. The lowest BCUT2D eigenvalue weighted by molar-refractivity contribution is -0.144. The van der Waals surface area contributed by atoms with Gasteiger partial charge in [-0.3, -0.25) is 4.79 Å². The highest BCUT2D eigenvalue weighted by Gasteiger charge is 2.11. The van der Waals surface area contributed by atoms with Crippen molar-refractivity contribution in [3.63, 3.8) is 0 Å². The van der Waals surface area contributed by atoms with Crippen LogP contribution in [-0.2, 0) is 4.79 Å². The number of nitrogens with zero attached hydrogens (tertiary/aromatic N) is 1. The first-order valence-corrected chi connectivity index (χ1v) is 7.46. The Morgan fingerprint density at radius 2 is 1.88 bits per heavy atom. The maximum Gasteiger partial charge on any atom is 0.344 e. The van der Waals surface area contributed by atoms with Crippen LogP contribution in [0.4, 0.5) is 0 Å². The van der Waals surface area contributed by atoms with E-state index in [2.05, 4.69) is 10.5 Å². The van der Waals surface area contributed by atoms with Gasteiger partial charge in [0.15, 0.2) is 6.10 Å². The molecule has 7 heteroatoms. The molecule has 0 aromatic heterocycles. The van der Waals surface area contributed by atoms with Gasteiger partial charge in [-0.1, -0.05) is 6.07 Å². The summed E-state index contributed by atoms with van der Waals surface area (Å²) < 4.78 is 10.3. The lowest BCUT2D eigenvalue weighted by atomic mass is 10.2. The molecule has 7 nitrogen and oxygen atoms in total. The maximum atomic E-state index is 12.0. The average molecular weight is 342 g/mol. The second kappa shape index (κ2) is 8.49. The van der Waals surface area contributed by atoms with Gasteiger partial charge in [-0.05, 0) is 55.0 Å². The summed E-state index contributed by atoms with van der Waals surface area (Å²) in [7, 11) is 1.53. The van der Waals surface area contributed by atoms with Crippen LogP contribution < -0.4 is 14.9 Å². The van der Waals surface area contributed by atoms with Crippen LogP contribution >= 0.6 is 0 Å². The summed E-state index contributed by atoms with van der Waals surface area (Å²) in [5, 5.41) is 12.7. The molecular weight excluding hydrogens is 324 g/mol. The van der Waals surface area contributed by atoms with E-state index in [1.165, 1.54) is 20.2 Å². The number of benzene rings is 2. The first kappa shape index (κ1) is 18.0. The summed E-state index contributed by atoms with van der Waals surface area (Å²) in [6.07, 6.45) is 0.546. The molecule has 0 heterocycles. The molecule has 130 valence electrons. The van der Waals surface area contributed by atoms with Crippen LogP contribution in [0.1, 0.15) is 22.8 Å². The number of rotatable bonds is 7. The molecule has 2 N–H and O–H groups in total. The number of nitrogens with one attached hydrogen (secondary N) is 1. The number of carbonyl (C=O) groups excluding carboxylic acids is 1. The van der Waals surface area contributed by atoms with Crippen molar-refractivity contribution in [2.75, 3.05) is 7.11 Å². The smallest absolute Gasteiger partial charge is 0.344 e. The second-order valence-corrected chi connectivity index (χ2v) is 5.10. The van der Waals surface area contributed by atoms with Crippen molar-refractivity contribution in [1.29, 1.82) is 0 Å². The number of carboxylic acid groups (broad SMARTS) is 1. The van der Waals surface area contributed by atoms with E-state index >= 15 is 0 Å². The molecular formula is C18H18N2O5. The zero-order chi connectivity index (χ0) is 18.2. The molecule has 0 spiro atoms. The van der Waals surface area contributed by atoms with Gasteiger partial charge in [-0.15, -0.1) is 0 Å². The molecule has 0 radical (unpaired) electrons. The van der Waals surface area contributed by atoms with Gasteiger partial charge in [0.25, 0.3) is 5.91 Å². The number of aliphatic carboxylic acids is 1. The monoisotopic (exact) mass is 342 g/mol. The standard InChI is InChI=1S/C18H18N2O5/c1-12(18(22)23)25-15-8-6-13(7-9-15)11-19-20-17(21)14-4-3-5-16(10-14)24-2/h3-12H,1-2H3,(H,20,21)(H,22,23)/b19-11-/t12-/m0/s1. The second-order valence-electron chi connectivity index (χ2n) is 5.10. The summed E-state index contributed by atoms with van der Waals surface area (Å²) in [6, 6.07) is 13.4. The van der Waals surface area contributed by atoms with Gasteiger partial charge in [0.1, 0.15) is 11.5 Å². The minimum atomic E-state index is -1.04. The lowest BCUT2D eigenvalue weighted by Gasteiger charge is -2.09. The quantitative estimate of drug-likeness (QED) is 0.594. The Balaban J connectivity index is 1.93. The van der Waals surface area contributed by atoms with Crippen LogP contribution in [0.25, 0.3) is 0 Å². The fraction of sp³-hybridized carbons (Fsp3) is 0.167. The number of hydrogen-bond acceptors (Lipinski definition) is 5. The molecule has 25 heavy (non-hydrogen) atoms. The molecule has 0 aliphatic carbocycles. The van der Waals surface area contributed by atoms with Crippen LogP contribution in [-0.4, -0.2) is 36.4 Å². The minimum Gasteiger partial charge on any atom is -0.497 e. The summed E-state index contributed by atoms with van der Waals surface area (Å²) in [5.74, 6) is -0.369. The largest absolute Gasteiger partial charge is 0.497 e. The highest BCUT2D eigenvalue weighted by atomic mass is 16.5. The van der Waals surface area contributed by atoms with Gasteiger partial charge in [-0.2, -0.15) is 5.10 Å². The first-order chi connectivity index (χ1) is 12.0. The Bertz CT molecular complexity index is 771. The van der Waals surface area contributed by atoms with Crippen molar-refractivity contribution >= 4 is 18.1 Å². The Kier molecular flexibility index (Phi) is 6.11. The Morgan fingerprint density at radius 3 is 2.52 bits per heavy atom. The van der Waals surface area contributed by atoms with E-state index in [0.29, 0.717) is 17.1 Å². The number of amides is 1. The number of carboxylic acids is 1. The summed E-state index contributed by atoms with van der Waals surface area (Å²) in [5.41, 5.74) is 3.58. The van der Waals surface area contributed by atoms with Crippen LogP contribution in [0, 0.1) is 0 Å². The Hall–Kier alpha value is -3.35. The molecule has 2 aromatic carbocycles. The van der Waals surface area contributed by atoms with E-state index < -0.39 is 12.1 Å². The van der Waals surface area contributed by atoms with Crippen LogP contribution in [0.3, 0.4) is 0 Å². The van der Waals surface area contributed by atoms with Crippen molar-refractivity contribution in [3.8, 4) is 11.5 Å². The zero-order valence-corrected chi connectivity index (χ0v) is 13.8. The third kappa shape index (κ3) is 5.35. The summed E-state index contributed by atoms with van der Waals surface area (Å²) >= 11 is 0. The third-order valence-corrected chi connectivity index (χ3v) is 3.25. The predicted molar refractivity (Wildman–Crippen MR) is 92.2 cm³/mol. The van der Waals surface area contributed by atoms with Gasteiger partial charge in [0.2, 0.25) is 0 Å². The van der Waals surface area contributed by atoms with E-state index in [0.717, 1.165) is 5.56 Å². The first-order valence-electron chi connectivity index (χ1n) is 7.46. The molecule has 2 rings (SSSR count). The molecule has 0 saturated carbocycles. The minimum absolute atomic E-state index is 0.356. The van der Waals surface area contributed by atoms with Gasteiger partial charge < -0.3 is 14.6 Å². The van der Waals surface area contributed by atoms with E-state index in [1.807, 2.05) is 0 Å². The van der Waals surface area contributed by atoms with Gasteiger partial charge in [0, 0.05) is 5.56 Å². The van der Waals surface area contributed by atoms with Gasteiger partial charge >= 0.3 is 5.97 Å². The third-order valence-electron chi connectivity index (χ3n) is 3.25. The van der Waals surface area contributed by atoms with Gasteiger partial charge in [0.05, 0.1) is 13.3 Å². The van der Waals surface area contributed by atoms with E-state index in [-0.39, 0.29) is 5.91 Å². The van der Waals surface area contributed by atoms with E-state index in [1.54, 1.807) is 48.5 Å². The highest BCUT2D eigenvalue weighted by molar-refractivity contribution is 5.95. The molecule has 0 aliphatic heterocycles.